The number of nitrogens with one attached hydrogen (secondary N) is 2. The molecular weight excluding hydrogens is 636 g/mol. The summed E-state index contributed by atoms with van der Waals surface area (Å²) >= 11 is 0. The van der Waals surface area contributed by atoms with Gasteiger partial charge in [-0.25, -0.2) is 28.1 Å². The highest BCUT2D eigenvalue weighted by Crippen LogP contribution is 2.52. The van der Waals surface area contributed by atoms with Crippen LogP contribution < -0.4 is 27.7 Å². The van der Waals surface area contributed by atoms with Gasteiger partial charge >= 0.3 is 17.1 Å². The lowest BCUT2D eigenvalue weighted by Gasteiger charge is -2.49. The zero-order chi connectivity index (χ0) is 37.7. The standard InChI is InChI=1S/C38H62N6O6/c1-25(45)40-21-36(9)15-27(12-33(3,4)18-36)42-30(47)43(28-13-34(5,6)19-37(10,16-28)22-41-26(2)46)32(49)44(31(42)48)29-14-35(7,8)20-38(11,17-29)23-50-24-39/h27-29H,12-23H2,1-11H3,(H,40,45)(H,41,46). The quantitative estimate of drug-likeness (QED) is 0.335. The summed E-state index contributed by atoms with van der Waals surface area (Å²) in [6.45, 7) is 22.9. The summed E-state index contributed by atoms with van der Waals surface area (Å²) in [5.41, 5.74) is -3.81. The largest absolute Gasteiger partial charge is 0.427 e. The van der Waals surface area contributed by atoms with Gasteiger partial charge in [0, 0.05) is 50.5 Å². The molecule has 4 rings (SSSR count). The number of carbonyl (C=O) groups excluding carboxylic acids is 2. The van der Waals surface area contributed by atoms with Crippen LogP contribution in [0.15, 0.2) is 14.4 Å². The van der Waals surface area contributed by atoms with Crippen LogP contribution in [0.3, 0.4) is 0 Å². The maximum absolute atomic E-state index is 14.9. The fourth-order valence-electron chi connectivity index (χ4n) is 11.1. The van der Waals surface area contributed by atoms with Gasteiger partial charge in [0.05, 0.1) is 0 Å². The van der Waals surface area contributed by atoms with Gasteiger partial charge in [-0.3, -0.25) is 9.59 Å². The minimum absolute atomic E-state index is 0.134. The van der Waals surface area contributed by atoms with Crippen molar-refractivity contribution in [2.75, 3.05) is 19.7 Å². The minimum Gasteiger partial charge on any atom is -0.427 e. The van der Waals surface area contributed by atoms with E-state index < -0.39 is 40.6 Å². The maximum atomic E-state index is 14.9. The molecule has 0 radical (unpaired) electrons. The third-order valence-electron chi connectivity index (χ3n) is 11.6. The fourth-order valence-corrected chi connectivity index (χ4v) is 11.1. The highest BCUT2D eigenvalue weighted by atomic mass is 16.5. The summed E-state index contributed by atoms with van der Waals surface area (Å²) in [5.74, 6) is -0.269. The number of rotatable bonds is 9. The van der Waals surface area contributed by atoms with Crippen molar-refractivity contribution in [3.63, 3.8) is 0 Å². The molecule has 1 heterocycles. The molecule has 50 heavy (non-hydrogen) atoms. The molecule has 2 N–H and O–H groups in total. The molecule has 3 aliphatic rings. The number of carbonyl (C=O) groups is 2. The number of ether oxygens (including phenoxy) is 1. The number of amides is 2. The molecule has 0 bridgehead atoms. The second-order valence-corrected chi connectivity index (χ2v) is 19.8. The lowest BCUT2D eigenvalue weighted by molar-refractivity contribution is -0.120. The first-order valence-corrected chi connectivity index (χ1v) is 18.3. The molecule has 6 unspecified atom stereocenters. The van der Waals surface area contributed by atoms with E-state index in [0.717, 1.165) is 19.3 Å². The van der Waals surface area contributed by atoms with E-state index in [-0.39, 0.29) is 45.5 Å². The van der Waals surface area contributed by atoms with Crippen molar-refractivity contribution in [1.82, 2.24) is 24.3 Å². The third-order valence-corrected chi connectivity index (χ3v) is 11.6. The van der Waals surface area contributed by atoms with Crippen molar-refractivity contribution >= 4 is 11.8 Å². The van der Waals surface area contributed by atoms with Gasteiger partial charge in [0.25, 0.3) is 6.26 Å². The molecule has 0 aliphatic heterocycles. The van der Waals surface area contributed by atoms with Gasteiger partial charge in [-0.15, -0.1) is 0 Å². The van der Waals surface area contributed by atoms with Gasteiger partial charge in [-0.1, -0.05) is 62.3 Å². The second kappa shape index (κ2) is 13.6. The maximum Gasteiger partial charge on any atom is 0.336 e. The number of hydrogen-bond donors (Lipinski definition) is 2. The summed E-state index contributed by atoms with van der Waals surface area (Å²) in [4.78, 5) is 68.7. The predicted molar refractivity (Wildman–Crippen MR) is 192 cm³/mol. The van der Waals surface area contributed by atoms with E-state index in [1.807, 2.05) is 6.92 Å². The summed E-state index contributed by atoms with van der Waals surface area (Å²) in [5, 5.41) is 15.2. The molecule has 2 amide bonds. The predicted octanol–water partition coefficient (Wildman–Crippen LogP) is 5.21. The normalized spacial score (nSPS) is 33.1. The van der Waals surface area contributed by atoms with Crippen LogP contribution in [-0.2, 0) is 14.3 Å². The number of nitrogens with zero attached hydrogens (tertiary/aromatic N) is 4. The molecule has 3 aliphatic carbocycles. The molecule has 12 heteroatoms. The number of nitriles is 1. The lowest BCUT2D eigenvalue weighted by atomic mass is 9.62. The average Bonchev–Trinajstić information content (AvgIpc) is 2.91. The lowest BCUT2D eigenvalue weighted by Crippen LogP contribution is -2.60. The van der Waals surface area contributed by atoms with Crippen molar-refractivity contribution in [3.8, 4) is 6.26 Å². The van der Waals surface area contributed by atoms with Gasteiger partial charge in [0.15, 0.2) is 0 Å². The van der Waals surface area contributed by atoms with E-state index in [1.54, 1.807) is 6.26 Å². The van der Waals surface area contributed by atoms with Gasteiger partial charge in [0.2, 0.25) is 11.8 Å². The SMILES string of the molecule is CC(=O)NCC1(C)CC(n2c(=O)n(C3CC(C)(C)CC(C)(CNC(C)=O)C3)c(=O)n(C3CC(C)(C)CC(C)(COC#N)C3)c2=O)CC(C)(C)C1. The minimum atomic E-state index is -0.594. The van der Waals surface area contributed by atoms with Crippen LogP contribution in [0.2, 0.25) is 0 Å². The van der Waals surface area contributed by atoms with Crippen LogP contribution in [0, 0.1) is 44.0 Å². The van der Waals surface area contributed by atoms with Crippen molar-refractivity contribution in [3.05, 3.63) is 31.5 Å². The van der Waals surface area contributed by atoms with Crippen LogP contribution in [0.1, 0.15) is 152 Å². The summed E-state index contributed by atoms with van der Waals surface area (Å²) in [7, 11) is 0. The van der Waals surface area contributed by atoms with Crippen LogP contribution in [0.25, 0.3) is 0 Å². The van der Waals surface area contributed by atoms with Crippen molar-refractivity contribution in [1.29, 1.82) is 5.26 Å². The van der Waals surface area contributed by atoms with E-state index in [2.05, 4.69) is 66.0 Å². The molecule has 3 fully saturated rings. The second-order valence-electron chi connectivity index (χ2n) is 19.8. The van der Waals surface area contributed by atoms with Crippen LogP contribution in [0.4, 0.5) is 0 Å². The van der Waals surface area contributed by atoms with Crippen molar-refractivity contribution < 1.29 is 14.3 Å². The molecule has 0 saturated heterocycles. The Balaban J connectivity index is 1.97. The van der Waals surface area contributed by atoms with Crippen molar-refractivity contribution in [2.45, 2.75) is 152 Å². The monoisotopic (exact) mass is 698 g/mol. The highest BCUT2D eigenvalue weighted by Gasteiger charge is 2.48. The Bertz CT molecular complexity index is 1600. The molecule has 1 aromatic heterocycles. The molecule has 1 aromatic rings. The fraction of sp³-hybridized carbons (Fsp3) is 0.842. The Labute approximate surface area is 297 Å². The van der Waals surface area contributed by atoms with Crippen LogP contribution >= 0.6 is 0 Å². The Kier molecular flexibility index (Phi) is 10.8. The topological polar surface area (TPSA) is 157 Å². The van der Waals surface area contributed by atoms with Gasteiger partial charge in [0.1, 0.15) is 6.61 Å². The van der Waals surface area contributed by atoms with Crippen molar-refractivity contribution in [2.24, 2.45) is 32.5 Å². The Morgan fingerprint density at radius 1 is 0.620 bits per heavy atom. The smallest absolute Gasteiger partial charge is 0.336 e. The van der Waals surface area contributed by atoms with Crippen LogP contribution in [0.5, 0.6) is 0 Å². The molecule has 280 valence electrons. The van der Waals surface area contributed by atoms with Gasteiger partial charge in [-0.2, -0.15) is 5.26 Å². The first-order chi connectivity index (χ1) is 22.8. The molecular formula is C38H62N6O6. The average molecular weight is 699 g/mol. The zero-order valence-corrected chi connectivity index (χ0v) is 32.5. The van der Waals surface area contributed by atoms with E-state index in [4.69, 9.17) is 4.74 Å². The summed E-state index contributed by atoms with van der Waals surface area (Å²) in [6.07, 6.45) is 7.24. The molecule has 6 atom stereocenters. The Morgan fingerprint density at radius 2 is 0.920 bits per heavy atom. The summed E-state index contributed by atoms with van der Waals surface area (Å²) in [6, 6.07) is -1.51. The zero-order valence-electron chi connectivity index (χ0n) is 32.5. The van der Waals surface area contributed by atoms with Gasteiger partial charge < -0.3 is 15.4 Å². The first kappa shape index (κ1) is 39.4. The van der Waals surface area contributed by atoms with E-state index >= 15 is 0 Å². The third kappa shape index (κ3) is 8.92. The molecule has 0 spiro atoms. The number of hydrogen-bond acceptors (Lipinski definition) is 7. The molecule has 0 aromatic carbocycles. The summed E-state index contributed by atoms with van der Waals surface area (Å²) < 4.78 is 9.35. The van der Waals surface area contributed by atoms with E-state index in [0.29, 0.717) is 51.6 Å². The van der Waals surface area contributed by atoms with E-state index in [9.17, 15) is 29.2 Å². The molecule has 12 nitrogen and oxygen atoms in total. The van der Waals surface area contributed by atoms with Crippen LogP contribution in [-0.4, -0.2) is 45.2 Å². The first-order valence-electron chi connectivity index (χ1n) is 18.3. The Hall–Kier alpha value is -3.36. The Morgan fingerprint density at radius 3 is 1.22 bits per heavy atom. The molecule has 3 saturated carbocycles. The van der Waals surface area contributed by atoms with E-state index in [1.165, 1.54) is 27.5 Å². The van der Waals surface area contributed by atoms with Gasteiger partial charge in [-0.05, 0) is 84.9 Å². The number of aromatic nitrogens is 3. The highest BCUT2D eigenvalue weighted by molar-refractivity contribution is 5.73.